The minimum atomic E-state index is 0.644. The Bertz CT molecular complexity index is 2830. The Morgan fingerprint density at radius 1 is 0.314 bits per heavy atom. The molecule has 0 spiro atoms. The quantitative estimate of drug-likeness (QED) is 0.186. The molecule has 0 fully saturated rings. The second-order valence-corrected chi connectivity index (χ2v) is 12.9. The topological polar surface area (TPSA) is 43.6 Å². The van der Waals surface area contributed by atoms with Crippen molar-refractivity contribution in [3.05, 3.63) is 182 Å². The predicted molar refractivity (Wildman–Crippen MR) is 211 cm³/mol. The fraction of sp³-hybridized carbons (Fsp3) is 0. The van der Waals surface area contributed by atoms with Gasteiger partial charge >= 0.3 is 0 Å². The van der Waals surface area contributed by atoms with Crippen LogP contribution in [0.2, 0.25) is 0 Å². The van der Waals surface area contributed by atoms with Gasteiger partial charge in [0.05, 0.1) is 11.0 Å². The molecular weight excluding hydrogens is 621 g/mol. The summed E-state index contributed by atoms with van der Waals surface area (Å²) in [7, 11) is 0. The highest BCUT2D eigenvalue weighted by Crippen LogP contribution is 2.39. The molecule has 0 saturated heterocycles. The number of benzene rings is 8. The summed E-state index contributed by atoms with van der Waals surface area (Å²) in [5.74, 6) is 1.95. The van der Waals surface area contributed by atoms with E-state index in [9.17, 15) is 0 Å². The maximum atomic E-state index is 4.96. The summed E-state index contributed by atoms with van der Waals surface area (Å²) >= 11 is 0. The molecule has 0 radical (unpaired) electrons. The predicted octanol–water partition coefficient (Wildman–Crippen LogP) is 11.9. The third-order valence-corrected chi connectivity index (χ3v) is 9.80. The van der Waals surface area contributed by atoms with Crippen molar-refractivity contribution in [3.63, 3.8) is 0 Å². The van der Waals surface area contributed by atoms with Crippen LogP contribution >= 0.6 is 0 Å². The van der Waals surface area contributed by atoms with E-state index in [2.05, 4.69) is 126 Å². The van der Waals surface area contributed by atoms with Gasteiger partial charge in [0.1, 0.15) is 0 Å². The Labute approximate surface area is 295 Å². The molecule has 10 rings (SSSR count). The van der Waals surface area contributed by atoms with Crippen LogP contribution in [0.3, 0.4) is 0 Å². The van der Waals surface area contributed by atoms with Crippen LogP contribution in [0.5, 0.6) is 0 Å². The molecule has 10 aromatic rings. The number of rotatable bonds is 5. The zero-order valence-corrected chi connectivity index (χ0v) is 27.6. The molecule has 4 nitrogen and oxygen atoms in total. The lowest BCUT2D eigenvalue weighted by Crippen LogP contribution is -2.00. The first-order valence-corrected chi connectivity index (χ1v) is 17.2. The van der Waals surface area contributed by atoms with Crippen LogP contribution in [0.15, 0.2) is 182 Å². The van der Waals surface area contributed by atoms with Gasteiger partial charge in [0, 0.05) is 38.5 Å². The lowest BCUT2D eigenvalue weighted by atomic mass is 10.0. The van der Waals surface area contributed by atoms with E-state index in [1.165, 1.54) is 43.4 Å². The van der Waals surface area contributed by atoms with Crippen molar-refractivity contribution < 1.29 is 0 Å². The molecule has 2 heterocycles. The smallest absolute Gasteiger partial charge is 0.164 e. The minimum Gasteiger partial charge on any atom is -0.309 e. The minimum absolute atomic E-state index is 0.644. The third kappa shape index (κ3) is 5.04. The molecule has 0 atom stereocenters. The molecule has 0 bridgehead atoms. The Hall–Kier alpha value is -6.91. The molecule has 4 heteroatoms. The molecule has 8 aromatic carbocycles. The van der Waals surface area contributed by atoms with Crippen LogP contribution in [0, 0.1) is 0 Å². The SMILES string of the molecule is c1ccc(-c2nc(-c3ccccc3)nc(-c3cccc(-c4ccc(-n5c6cc7ccccc7cc6c6ccc7ccccc7c65)cc4)c3)n2)cc1. The first kappa shape index (κ1) is 29.0. The number of aromatic nitrogens is 4. The molecule has 2 aromatic heterocycles. The van der Waals surface area contributed by atoms with Gasteiger partial charge < -0.3 is 4.57 Å². The lowest BCUT2D eigenvalue weighted by Gasteiger charge is -2.12. The van der Waals surface area contributed by atoms with E-state index in [-0.39, 0.29) is 0 Å². The van der Waals surface area contributed by atoms with Crippen molar-refractivity contribution in [2.24, 2.45) is 0 Å². The van der Waals surface area contributed by atoms with Crippen LogP contribution in [0.25, 0.3) is 94.3 Å². The van der Waals surface area contributed by atoms with Crippen LogP contribution in [-0.2, 0) is 0 Å². The van der Waals surface area contributed by atoms with E-state index < -0.39 is 0 Å². The van der Waals surface area contributed by atoms with Crippen molar-refractivity contribution in [1.29, 1.82) is 0 Å². The molecule has 0 N–H and O–H groups in total. The van der Waals surface area contributed by atoms with Gasteiger partial charge in [0.2, 0.25) is 0 Å². The molecule has 0 aliphatic rings. The molecule has 0 aliphatic heterocycles. The van der Waals surface area contributed by atoms with E-state index >= 15 is 0 Å². The fourth-order valence-electron chi connectivity index (χ4n) is 7.31. The van der Waals surface area contributed by atoms with Gasteiger partial charge in [-0.3, -0.25) is 0 Å². The normalized spacial score (nSPS) is 11.5. The Morgan fingerprint density at radius 3 is 1.55 bits per heavy atom. The largest absolute Gasteiger partial charge is 0.309 e. The molecule has 0 saturated carbocycles. The summed E-state index contributed by atoms with van der Waals surface area (Å²) in [5.41, 5.74) is 8.62. The summed E-state index contributed by atoms with van der Waals surface area (Å²) in [4.78, 5) is 14.8. The van der Waals surface area contributed by atoms with Crippen molar-refractivity contribution in [2.45, 2.75) is 0 Å². The van der Waals surface area contributed by atoms with E-state index in [1.54, 1.807) is 0 Å². The Kier molecular flexibility index (Phi) is 6.78. The van der Waals surface area contributed by atoms with Gasteiger partial charge in [-0.2, -0.15) is 0 Å². The average Bonchev–Trinajstić information content (AvgIpc) is 3.54. The van der Waals surface area contributed by atoms with E-state index in [0.717, 1.165) is 33.5 Å². The summed E-state index contributed by atoms with van der Waals surface area (Å²) in [5, 5.41) is 7.47. The summed E-state index contributed by atoms with van der Waals surface area (Å²) in [6.07, 6.45) is 0. The molecule has 238 valence electrons. The average molecular weight is 651 g/mol. The van der Waals surface area contributed by atoms with Gasteiger partial charge in [-0.1, -0.05) is 152 Å². The summed E-state index contributed by atoms with van der Waals surface area (Å²) in [6.45, 7) is 0. The zero-order chi connectivity index (χ0) is 33.7. The van der Waals surface area contributed by atoms with Crippen LogP contribution in [-0.4, -0.2) is 19.5 Å². The van der Waals surface area contributed by atoms with Gasteiger partial charge in [-0.25, -0.2) is 15.0 Å². The Morgan fingerprint density at radius 2 is 0.863 bits per heavy atom. The number of hydrogen-bond acceptors (Lipinski definition) is 3. The maximum Gasteiger partial charge on any atom is 0.164 e. The lowest BCUT2D eigenvalue weighted by molar-refractivity contribution is 1.07. The second-order valence-electron chi connectivity index (χ2n) is 12.9. The van der Waals surface area contributed by atoms with E-state index in [0.29, 0.717) is 17.5 Å². The van der Waals surface area contributed by atoms with E-state index in [4.69, 9.17) is 15.0 Å². The molecule has 0 aliphatic carbocycles. The van der Waals surface area contributed by atoms with Crippen molar-refractivity contribution in [1.82, 2.24) is 19.5 Å². The molecule has 51 heavy (non-hydrogen) atoms. The van der Waals surface area contributed by atoms with Crippen LogP contribution in [0.1, 0.15) is 0 Å². The number of fused-ring (bicyclic) bond motifs is 6. The van der Waals surface area contributed by atoms with Crippen molar-refractivity contribution in [2.75, 3.05) is 0 Å². The zero-order valence-electron chi connectivity index (χ0n) is 27.6. The van der Waals surface area contributed by atoms with Gasteiger partial charge in [-0.15, -0.1) is 0 Å². The highest BCUT2D eigenvalue weighted by Gasteiger charge is 2.17. The monoisotopic (exact) mass is 650 g/mol. The highest BCUT2D eigenvalue weighted by atomic mass is 15.0. The van der Waals surface area contributed by atoms with Gasteiger partial charge in [0.15, 0.2) is 17.5 Å². The van der Waals surface area contributed by atoms with Crippen LogP contribution < -0.4 is 0 Å². The van der Waals surface area contributed by atoms with Crippen molar-refractivity contribution >= 4 is 43.4 Å². The van der Waals surface area contributed by atoms with Crippen LogP contribution in [0.4, 0.5) is 0 Å². The first-order valence-electron chi connectivity index (χ1n) is 17.2. The third-order valence-electron chi connectivity index (χ3n) is 9.80. The summed E-state index contributed by atoms with van der Waals surface area (Å²) < 4.78 is 2.43. The molecular formula is C47H30N4. The summed E-state index contributed by atoms with van der Waals surface area (Å²) in [6, 6.07) is 64.1. The highest BCUT2D eigenvalue weighted by molar-refractivity contribution is 6.20. The second kappa shape index (κ2) is 11.9. The van der Waals surface area contributed by atoms with Crippen molar-refractivity contribution in [3.8, 4) is 51.0 Å². The molecule has 0 amide bonds. The number of hydrogen-bond donors (Lipinski definition) is 0. The van der Waals surface area contributed by atoms with E-state index in [1.807, 2.05) is 60.7 Å². The standard InChI is InChI=1S/C47H30N4/c1-3-13-33(14-4-1)45-48-46(34-15-5-2-6-16-34)50-47(49-45)38-20-11-19-35(28-38)31-22-25-39(26-23-31)51-43-30-37-18-8-7-17-36(37)29-42(43)41-27-24-32-12-9-10-21-40(32)44(41)51/h1-30H. The van der Waals surface area contributed by atoms with Gasteiger partial charge in [0.25, 0.3) is 0 Å². The van der Waals surface area contributed by atoms with Gasteiger partial charge in [-0.05, 0) is 57.6 Å². The number of nitrogens with zero attached hydrogens (tertiary/aromatic N) is 4. The fourth-order valence-corrected chi connectivity index (χ4v) is 7.31. The Balaban J connectivity index is 1.10. The molecule has 0 unspecified atom stereocenters. The maximum absolute atomic E-state index is 4.96. The first-order chi connectivity index (χ1) is 25.3.